The molecule has 22 heavy (non-hydrogen) atoms. The highest BCUT2D eigenvalue weighted by Crippen LogP contribution is 2.36. The molecule has 1 N–H and O–H groups in total. The molecule has 0 amide bonds. The van der Waals surface area contributed by atoms with Gasteiger partial charge in [0, 0.05) is 6.61 Å². The summed E-state index contributed by atoms with van der Waals surface area (Å²) in [7, 11) is -1.70. The van der Waals surface area contributed by atoms with Crippen LogP contribution in [0.2, 0.25) is 18.1 Å². The third-order valence-electron chi connectivity index (χ3n) is 4.46. The second-order valence-corrected chi connectivity index (χ2v) is 12.4. The molecule has 0 aliphatic heterocycles. The average Bonchev–Trinajstić information content (AvgIpc) is 2.43. The van der Waals surface area contributed by atoms with E-state index in [-0.39, 0.29) is 17.6 Å². The summed E-state index contributed by atoms with van der Waals surface area (Å²) < 4.78 is 12.0. The minimum atomic E-state index is -1.70. The fourth-order valence-electron chi connectivity index (χ4n) is 1.92. The van der Waals surface area contributed by atoms with Crippen LogP contribution in [0.1, 0.15) is 33.3 Å². The lowest BCUT2D eigenvalue weighted by molar-refractivity contribution is 0.200. The number of hydrogen-bond acceptors (Lipinski definition) is 3. The van der Waals surface area contributed by atoms with Gasteiger partial charge in [-0.05, 0) is 42.1 Å². The van der Waals surface area contributed by atoms with Crippen molar-refractivity contribution in [1.82, 2.24) is 0 Å². The molecule has 1 rings (SSSR count). The van der Waals surface area contributed by atoms with Gasteiger partial charge in [-0.15, -0.1) is 0 Å². The minimum Gasteiger partial charge on any atom is -0.491 e. The van der Waals surface area contributed by atoms with E-state index in [0.717, 1.165) is 17.7 Å². The maximum Gasteiger partial charge on any atom is 0.192 e. The minimum absolute atomic E-state index is 0.197. The SMILES string of the molecule is CC(CO)Cc1ccccc1OCCO[Si](C)(C)C(C)(C)C. The van der Waals surface area contributed by atoms with Crippen molar-refractivity contribution in [2.24, 2.45) is 5.92 Å². The van der Waals surface area contributed by atoms with Crippen LogP contribution in [0.15, 0.2) is 24.3 Å². The Labute approximate surface area is 136 Å². The molecule has 0 spiro atoms. The predicted octanol–water partition coefficient (Wildman–Crippen LogP) is 4.26. The molecule has 4 heteroatoms. The van der Waals surface area contributed by atoms with Crippen LogP contribution in [0.5, 0.6) is 5.75 Å². The fourth-order valence-corrected chi connectivity index (χ4v) is 2.94. The number of rotatable bonds is 8. The van der Waals surface area contributed by atoms with E-state index in [1.54, 1.807) is 0 Å². The Kier molecular flexibility index (Phi) is 7.10. The summed E-state index contributed by atoms with van der Waals surface area (Å²) >= 11 is 0. The van der Waals surface area contributed by atoms with E-state index in [2.05, 4.69) is 39.9 Å². The third-order valence-corrected chi connectivity index (χ3v) is 9.00. The van der Waals surface area contributed by atoms with E-state index in [4.69, 9.17) is 9.16 Å². The zero-order chi connectivity index (χ0) is 16.8. The highest BCUT2D eigenvalue weighted by molar-refractivity contribution is 6.74. The first-order valence-corrected chi connectivity index (χ1v) is 11.0. The van der Waals surface area contributed by atoms with Crippen LogP contribution in [0.3, 0.4) is 0 Å². The summed E-state index contributed by atoms with van der Waals surface area (Å²) in [6, 6.07) is 8.05. The van der Waals surface area contributed by atoms with E-state index >= 15 is 0 Å². The zero-order valence-electron chi connectivity index (χ0n) is 15.0. The van der Waals surface area contributed by atoms with E-state index in [1.165, 1.54) is 0 Å². The molecule has 126 valence electrons. The van der Waals surface area contributed by atoms with Crippen LogP contribution in [0.25, 0.3) is 0 Å². The maximum absolute atomic E-state index is 9.21. The van der Waals surface area contributed by atoms with Crippen LogP contribution in [-0.4, -0.2) is 33.2 Å². The highest BCUT2D eigenvalue weighted by atomic mass is 28.4. The standard InChI is InChI=1S/C18H32O3Si/c1-15(14-19)13-16-9-7-8-10-17(16)20-11-12-21-22(5,6)18(2,3)4/h7-10,15,19H,11-14H2,1-6H3. The van der Waals surface area contributed by atoms with Crippen LogP contribution < -0.4 is 4.74 Å². The highest BCUT2D eigenvalue weighted by Gasteiger charge is 2.36. The Morgan fingerprint density at radius 3 is 2.36 bits per heavy atom. The topological polar surface area (TPSA) is 38.7 Å². The van der Waals surface area contributed by atoms with Crippen molar-refractivity contribution in [1.29, 1.82) is 0 Å². The first-order chi connectivity index (χ1) is 10.2. The number of aliphatic hydroxyl groups is 1. The molecule has 3 nitrogen and oxygen atoms in total. The molecular formula is C18H32O3Si. The Hall–Kier alpha value is -0.843. The Bertz CT molecular complexity index is 452. The molecule has 0 aliphatic rings. The first kappa shape index (κ1) is 19.2. The normalized spacial score (nSPS) is 14.0. The van der Waals surface area contributed by atoms with Gasteiger partial charge in [0.15, 0.2) is 8.32 Å². The monoisotopic (exact) mass is 324 g/mol. The van der Waals surface area contributed by atoms with E-state index < -0.39 is 8.32 Å². The van der Waals surface area contributed by atoms with Crippen molar-refractivity contribution in [2.45, 2.75) is 52.2 Å². The van der Waals surface area contributed by atoms with Crippen LogP contribution in [0.4, 0.5) is 0 Å². The predicted molar refractivity (Wildman–Crippen MR) is 95.0 cm³/mol. The van der Waals surface area contributed by atoms with Gasteiger partial charge in [0.2, 0.25) is 0 Å². The van der Waals surface area contributed by atoms with Crippen molar-refractivity contribution in [3.63, 3.8) is 0 Å². The second kappa shape index (κ2) is 8.13. The van der Waals surface area contributed by atoms with Gasteiger partial charge < -0.3 is 14.3 Å². The molecule has 1 aromatic rings. The molecule has 0 bridgehead atoms. The van der Waals surface area contributed by atoms with Gasteiger partial charge in [0.25, 0.3) is 0 Å². The fraction of sp³-hybridized carbons (Fsp3) is 0.667. The molecule has 0 heterocycles. The number of ether oxygens (including phenoxy) is 1. The number of aliphatic hydroxyl groups excluding tert-OH is 1. The molecule has 1 aromatic carbocycles. The lowest BCUT2D eigenvalue weighted by Gasteiger charge is -2.36. The van der Waals surface area contributed by atoms with Gasteiger partial charge in [0.05, 0.1) is 6.61 Å². The maximum atomic E-state index is 9.21. The van der Waals surface area contributed by atoms with Crippen molar-refractivity contribution in [3.8, 4) is 5.75 Å². The van der Waals surface area contributed by atoms with Gasteiger partial charge in [0.1, 0.15) is 12.4 Å². The summed E-state index contributed by atoms with van der Waals surface area (Å²) in [5.41, 5.74) is 1.15. The van der Waals surface area contributed by atoms with Gasteiger partial charge >= 0.3 is 0 Å². The lowest BCUT2D eigenvalue weighted by atomic mass is 10.0. The van der Waals surface area contributed by atoms with Crippen molar-refractivity contribution < 1.29 is 14.3 Å². The number of benzene rings is 1. The van der Waals surface area contributed by atoms with Gasteiger partial charge in [-0.3, -0.25) is 0 Å². The Morgan fingerprint density at radius 1 is 1.14 bits per heavy atom. The van der Waals surface area contributed by atoms with E-state index in [0.29, 0.717) is 13.2 Å². The van der Waals surface area contributed by atoms with Crippen molar-refractivity contribution >= 4 is 8.32 Å². The van der Waals surface area contributed by atoms with Crippen molar-refractivity contribution in [3.05, 3.63) is 29.8 Å². The smallest absolute Gasteiger partial charge is 0.192 e. The molecule has 1 unspecified atom stereocenters. The van der Waals surface area contributed by atoms with Crippen LogP contribution in [0, 0.1) is 5.92 Å². The zero-order valence-corrected chi connectivity index (χ0v) is 16.0. The van der Waals surface area contributed by atoms with Gasteiger partial charge in [-0.1, -0.05) is 45.9 Å². The van der Waals surface area contributed by atoms with Crippen LogP contribution >= 0.6 is 0 Å². The number of hydrogen-bond donors (Lipinski definition) is 1. The molecule has 0 radical (unpaired) electrons. The summed E-state index contributed by atoms with van der Waals surface area (Å²) in [6.07, 6.45) is 0.829. The van der Waals surface area contributed by atoms with E-state index in [9.17, 15) is 5.11 Å². The molecule has 0 saturated carbocycles. The second-order valence-electron chi connectivity index (χ2n) is 7.56. The molecule has 0 aromatic heterocycles. The first-order valence-electron chi connectivity index (χ1n) is 8.13. The summed E-state index contributed by atoms with van der Waals surface area (Å²) in [5, 5.41) is 9.43. The average molecular weight is 325 g/mol. The van der Waals surface area contributed by atoms with E-state index in [1.807, 2.05) is 25.1 Å². The van der Waals surface area contributed by atoms with Crippen molar-refractivity contribution in [2.75, 3.05) is 19.8 Å². The summed E-state index contributed by atoms with van der Waals surface area (Å²) in [5.74, 6) is 1.15. The quantitative estimate of drug-likeness (QED) is 0.573. The van der Waals surface area contributed by atoms with Gasteiger partial charge in [-0.25, -0.2) is 0 Å². The summed E-state index contributed by atoms with van der Waals surface area (Å²) in [6.45, 7) is 14.7. The molecular weight excluding hydrogens is 292 g/mol. The van der Waals surface area contributed by atoms with Crippen LogP contribution in [-0.2, 0) is 10.8 Å². The summed E-state index contributed by atoms with van der Waals surface area (Å²) in [4.78, 5) is 0. The lowest BCUT2D eigenvalue weighted by Crippen LogP contribution is -2.41. The molecule has 1 atom stereocenters. The number of para-hydroxylation sites is 1. The molecule has 0 saturated heterocycles. The molecule has 0 fully saturated rings. The third kappa shape index (κ3) is 5.74. The Balaban J connectivity index is 2.52. The van der Waals surface area contributed by atoms with Gasteiger partial charge in [-0.2, -0.15) is 0 Å². The Morgan fingerprint density at radius 2 is 1.77 bits per heavy atom. The molecule has 0 aliphatic carbocycles. The largest absolute Gasteiger partial charge is 0.491 e.